The molecule has 0 unspecified atom stereocenters. The SMILES string of the molecule is N#Cc1cc(S(N)(=O)=O)c(Cl)cc1F. The summed E-state index contributed by atoms with van der Waals surface area (Å²) < 4.78 is 34.7. The van der Waals surface area contributed by atoms with Crippen LogP contribution in [0.1, 0.15) is 5.56 Å². The molecular weight excluding hydrogens is 231 g/mol. The van der Waals surface area contributed by atoms with Gasteiger partial charge in [-0.05, 0) is 12.1 Å². The molecule has 74 valence electrons. The van der Waals surface area contributed by atoms with E-state index in [-0.39, 0.29) is 5.02 Å². The maximum Gasteiger partial charge on any atom is 0.239 e. The molecule has 14 heavy (non-hydrogen) atoms. The largest absolute Gasteiger partial charge is 0.239 e. The van der Waals surface area contributed by atoms with Gasteiger partial charge in [0.05, 0.1) is 10.6 Å². The molecule has 0 saturated heterocycles. The number of rotatable bonds is 1. The molecule has 0 fully saturated rings. The Bertz CT molecular complexity index is 521. The summed E-state index contributed by atoms with van der Waals surface area (Å²) in [4.78, 5) is -0.461. The molecule has 0 aromatic heterocycles. The molecule has 0 saturated carbocycles. The summed E-state index contributed by atoms with van der Waals surface area (Å²) >= 11 is 5.43. The van der Waals surface area contributed by atoms with Gasteiger partial charge in [0, 0.05) is 0 Å². The molecule has 0 heterocycles. The van der Waals surface area contributed by atoms with Crippen molar-refractivity contribution in [3.05, 3.63) is 28.5 Å². The number of nitriles is 1. The third-order valence-corrected chi connectivity index (χ3v) is 2.82. The second-order valence-corrected chi connectivity index (χ2v) is 4.36. The van der Waals surface area contributed by atoms with Crippen molar-refractivity contribution in [2.45, 2.75) is 4.90 Å². The van der Waals surface area contributed by atoms with Gasteiger partial charge in [0.1, 0.15) is 16.8 Å². The molecular formula is C7H4ClFN2O2S. The number of halogens is 2. The molecule has 0 spiro atoms. The number of primary sulfonamides is 1. The van der Waals surface area contributed by atoms with E-state index < -0.39 is 26.3 Å². The van der Waals surface area contributed by atoms with E-state index in [0.717, 1.165) is 12.1 Å². The number of hydrogen-bond acceptors (Lipinski definition) is 3. The molecule has 0 aliphatic rings. The van der Waals surface area contributed by atoms with Gasteiger partial charge in [-0.3, -0.25) is 0 Å². The van der Waals surface area contributed by atoms with Crippen LogP contribution < -0.4 is 5.14 Å². The lowest BCUT2D eigenvalue weighted by Crippen LogP contribution is -2.13. The van der Waals surface area contributed by atoms with Gasteiger partial charge in [0.15, 0.2) is 0 Å². The predicted octanol–water partition coefficient (Wildman–Crippen LogP) is 0.998. The number of nitrogens with two attached hydrogens (primary N) is 1. The highest BCUT2D eigenvalue weighted by Crippen LogP contribution is 2.23. The lowest BCUT2D eigenvalue weighted by atomic mass is 10.2. The van der Waals surface area contributed by atoms with E-state index in [9.17, 15) is 12.8 Å². The first-order chi connectivity index (χ1) is 6.36. The number of hydrogen-bond donors (Lipinski definition) is 1. The Labute approximate surface area is 84.8 Å². The van der Waals surface area contributed by atoms with Crippen molar-refractivity contribution in [2.24, 2.45) is 5.14 Å². The van der Waals surface area contributed by atoms with Crippen LogP contribution in [0.5, 0.6) is 0 Å². The molecule has 2 N–H and O–H groups in total. The fourth-order valence-electron chi connectivity index (χ4n) is 0.833. The van der Waals surface area contributed by atoms with Crippen LogP contribution in [0.15, 0.2) is 17.0 Å². The smallest absolute Gasteiger partial charge is 0.225 e. The second kappa shape index (κ2) is 3.53. The van der Waals surface area contributed by atoms with Gasteiger partial charge in [0.25, 0.3) is 0 Å². The Morgan fingerprint density at radius 3 is 2.50 bits per heavy atom. The van der Waals surface area contributed by atoms with E-state index in [1.807, 2.05) is 0 Å². The van der Waals surface area contributed by atoms with Crippen LogP contribution in [0.4, 0.5) is 4.39 Å². The molecule has 4 nitrogen and oxygen atoms in total. The maximum atomic E-state index is 12.9. The van der Waals surface area contributed by atoms with Crippen molar-refractivity contribution in [1.29, 1.82) is 5.26 Å². The Balaban J connectivity index is 3.58. The minimum absolute atomic E-state index is 0.344. The van der Waals surface area contributed by atoms with Crippen LogP contribution in [0.25, 0.3) is 0 Å². The minimum atomic E-state index is -4.03. The summed E-state index contributed by atoms with van der Waals surface area (Å²) in [6.45, 7) is 0. The van der Waals surface area contributed by atoms with Gasteiger partial charge >= 0.3 is 0 Å². The first-order valence-corrected chi connectivity index (χ1v) is 5.20. The predicted molar refractivity (Wildman–Crippen MR) is 47.5 cm³/mol. The van der Waals surface area contributed by atoms with Gasteiger partial charge in [0.2, 0.25) is 10.0 Å². The summed E-state index contributed by atoms with van der Waals surface area (Å²) in [5, 5.41) is 12.9. The van der Waals surface area contributed by atoms with Gasteiger partial charge < -0.3 is 0 Å². The van der Waals surface area contributed by atoms with Gasteiger partial charge in [-0.2, -0.15) is 5.26 Å². The van der Waals surface area contributed by atoms with E-state index in [2.05, 4.69) is 0 Å². The van der Waals surface area contributed by atoms with Crippen molar-refractivity contribution in [3.63, 3.8) is 0 Å². The van der Waals surface area contributed by atoms with Crippen LogP contribution in [-0.4, -0.2) is 8.42 Å². The molecule has 7 heteroatoms. The minimum Gasteiger partial charge on any atom is -0.225 e. The molecule has 0 bridgehead atoms. The maximum absolute atomic E-state index is 12.9. The first-order valence-electron chi connectivity index (χ1n) is 3.28. The van der Waals surface area contributed by atoms with E-state index in [1.165, 1.54) is 6.07 Å². The highest BCUT2D eigenvalue weighted by molar-refractivity contribution is 7.89. The molecule has 0 aliphatic carbocycles. The standard InChI is InChI=1S/C7H4ClFN2O2S/c8-5-2-6(9)4(3-10)1-7(5)14(11,12)13/h1-2H,(H2,11,12,13). The Morgan fingerprint density at radius 1 is 1.50 bits per heavy atom. The average Bonchev–Trinajstić information content (AvgIpc) is 2.02. The monoisotopic (exact) mass is 234 g/mol. The highest BCUT2D eigenvalue weighted by Gasteiger charge is 2.16. The molecule has 1 aromatic carbocycles. The summed E-state index contributed by atoms with van der Waals surface area (Å²) in [6, 6.07) is 3.02. The summed E-state index contributed by atoms with van der Waals surface area (Å²) in [6.07, 6.45) is 0. The Kier molecular flexibility index (Phi) is 2.76. The van der Waals surface area contributed by atoms with Crippen LogP contribution >= 0.6 is 11.6 Å². The van der Waals surface area contributed by atoms with Crippen molar-refractivity contribution in [2.75, 3.05) is 0 Å². The topological polar surface area (TPSA) is 83.9 Å². The van der Waals surface area contributed by atoms with E-state index >= 15 is 0 Å². The zero-order valence-electron chi connectivity index (χ0n) is 6.66. The summed E-state index contributed by atoms with van der Waals surface area (Å²) in [5.41, 5.74) is -0.418. The highest BCUT2D eigenvalue weighted by atomic mass is 35.5. The lowest BCUT2D eigenvalue weighted by Gasteiger charge is -2.02. The number of nitrogens with zero attached hydrogens (tertiary/aromatic N) is 1. The quantitative estimate of drug-likeness (QED) is 0.787. The molecule has 1 aromatic rings. The van der Waals surface area contributed by atoms with E-state index in [4.69, 9.17) is 22.0 Å². The summed E-state index contributed by atoms with van der Waals surface area (Å²) in [7, 11) is -4.03. The fourth-order valence-corrected chi connectivity index (χ4v) is 1.92. The van der Waals surface area contributed by atoms with Crippen LogP contribution in [0.2, 0.25) is 5.02 Å². The molecule has 1 rings (SSSR count). The number of sulfonamides is 1. The van der Waals surface area contributed by atoms with Gasteiger partial charge in [-0.1, -0.05) is 11.6 Å². The normalized spacial score (nSPS) is 11.0. The zero-order valence-corrected chi connectivity index (χ0v) is 8.23. The fraction of sp³-hybridized carbons (Fsp3) is 0. The van der Waals surface area contributed by atoms with E-state index in [0.29, 0.717) is 0 Å². The van der Waals surface area contributed by atoms with E-state index in [1.54, 1.807) is 0 Å². The van der Waals surface area contributed by atoms with Gasteiger partial charge in [-0.15, -0.1) is 0 Å². The Hall–Kier alpha value is -1.16. The average molecular weight is 235 g/mol. The molecule has 0 atom stereocenters. The van der Waals surface area contributed by atoms with Crippen molar-refractivity contribution in [3.8, 4) is 6.07 Å². The zero-order chi connectivity index (χ0) is 10.9. The third kappa shape index (κ3) is 2.01. The van der Waals surface area contributed by atoms with Crippen LogP contribution in [0, 0.1) is 17.1 Å². The molecule has 0 radical (unpaired) electrons. The van der Waals surface area contributed by atoms with Crippen molar-refractivity contribution < 1.29 is 12.8 Å². The first kappa shape index (κ1) is 10.9. The summed E-state index contributed by atoms with van der Waals surface area (Å²) in [5.74, 6) is -0.884. The lowest BCUT2D eigenvalue weighted by molar-refractivity contribution is 0.596. The number of benzene rings is 1. The molecule has 0 aliphatic heterocycles. The Morgan fingerprint density at radius 2 is 2.07 bits per heavy atom. The van der Waals surface area contributed by atoms with Crippen molar-refractivity contribution >= 4 is 21.6 Å². The van der Waals surface area contributed by atoms with Crippen molar-refractivity contribution in [1.82, 2.24) is 0 Å². The third-order valence-electron chi connectivity index (χ3n) is 1.45. The molecule has 0 amide bonds. The van der Waals surface area contributed by atoms with Crippen LogP contribution in [0.3, 0.4) is 0 Å². The second-order valence-electron chi connectivity index (χ2n) is 2.42. The van der Waals surface area contributed by atoms with Crippen LogP contribution in [-0.2, 0) is 10.0 Å². The van der Waals surface area contributed by atoms with Gasteiger partial charge in [-0.25, -0.2) is 17.9 Å².